The van der Waals surface area contributed by atoms with Crippen LogP contribution in [0.4, 0.5) is 18.9 Å². The molecule has 1 heterocycles. The summed E-state index contributed by atoms with van der Waals surface area (Å²) >= 11 is 0. The molecule has 7 nitrogen and oxygen atoms in total. The fraction of sp³-hybridized carbons (Fsp3) is 0.417. The maximum Gasteiger partial charge on any atom is 0.416 e. The molecule has 0 spiro atoms. The quantitative estimate of drug-likeness (QED) is 0.560. The van der Waals surface area contributed by atoms with Crippen molar-refractivity contribution in [3.05, 3.63) is 53.6 Å². The van der Waals surface area contributed by atoms with E-state index >= 15 is 0 Å². The molecule has 3 rings (SSSR count). The molecule has 1 aliphatic rings. The van der Waals surface area contributed by atoms with Gasteiger partial charge in [0.25, 0.3) is 5.91 Å². The number of alkyl halides is 3. The number of carbonyl (C=O) groups is 1. The Bertz CT molecular complexity index is 1020. The standard InChI is InChI=1S/C24H27F3N4O3/c1-33-22-14-18(16-28)6-7-21(22)34-17-23(32)29-8-3-9-30-10-12-31(13-11-30)20-5-2-4-19(15-20)24(25,26)27/h2,4-7,14-15H,3,8-13,17H2,1H3,(H,29,32). The van der Waals surface area contributed by atoms with Gasteiger partial charge >= 0.3 is 6.18 Å². The Morgan fingerprint density at radius 1 is 1.12 bits per heavy atom. The Balaban J connectivity index is 1.34. The molecule has 1 saturated heterocycles. The van der Waals surface area contributed by atoms with Crippen molar-refractivity contribution < 1.29 is 27.4 Å². The number of amides is 1. The summed E-state index contributed by atoms with van der Waals surface area (Å²) in [7, 11) is 1.46. The molecule has 10 heteroatoms. The van der Waals surface area contributed by atoms with Crippen LogP contribution in [0.1, 0.15) is 17.5 Å². The zero-order valence-corrected chi connectivity index (χ0v) is 18.9. The molecule has 0 unspecified atom stereocenters. The highest BCUT2D eigenvalue weighted by atomic mass is 19.4. The van der Waals surface area contributed by atoms with Gasteiger partial charge in [-0.25, -0.2) is 0 Å². The minimum absolute atomic E-state index is 0.169. The number of nitrogens with one attached hydrogen (secondary N) is 1. The SMILES string of the molecule is COc1cc(C#N)ccc1OCC(=O)NCCCN1CCN(c2cccc(C(F)(F)F)c2)CC1. The molecule has 34 heavy (non-hydrogen) atoms. The van der Waals surface area contributed by atoms with Gasteiger partial charge in [0.1, 0.15) is 0 Å². The Kier molecular flexibility index (Phi) is 8.60. The third-order valence-electron chi connectivity index (χ3n) is 5.54. The van der Waals surface area contributed by atoms with Crippen LogP contribution in [0.5, 0.6) is 11.5 Å². The Labute approximate surface area is 196 Å². The normalized spacial score (nSPS) is 14.4. The van der Waals surface area contributed by atoms with E-state index in [1.807, 2.05) is 11.0 Å². The molecule has 1 N–H and O–H groups in total. The number of anilines is 1. The van der Waals surface area contributed by atoms with Crippen molar-refractivity contribution in [3.63, 3.8) is 0 Å². The minimum Gasteiger partial charge on any atom is -0.493 e. The average Bonchev–Trinajstić information content (AvgIpc) is 2.85. The lowest BCUT2D eigenvalue weighted by Crippen LogP contribution is -2.47. The predicted molar refractivity (Wildman–Crippen MR) is 121 cm³/mol. The molecule has 0 radical (unpaired) electrons. The first kappa shape index (κ1) is 25.2. The number of nitrogens with zero attached hydrogens (tertiary/aromatic N) is 3. The Morgan fingerprint density at radius 3 is 2.56 bits per heavy atom. The molecule has 2 aromatic rings. The number of rotatable bonds is 9. The van der Waals surface area contributed by atoms with Gasteiger partial charge in [0.2, 0.25) is 0 Å². The van der Waals surface area contributed by atoms with E-state index < -0.39 is 11.7 Å². The molecule has 2 aromatic carbocycles. The smallest absolute Gasteiger partial charge is 0.416 e. The molecule has 0 atom stereocenters. The van der Waals surface area contributed by atoms with Gasteiger partial charge < -0.3 is 19.7 Å². The van der Waals surface area contributed by atoms with E-state index in [0.29, 0.717) is 42.4 Å². The summed E-state index contributed by atoms with van der Waals surface area (Å²) in [4.78, 5) is 16.2. The first-order valence-electron chi connectivity index (χ1n) is 10.9. The predicted octanol–water partition coefficient (Wildman–Crippen LogP) is 3.29. The lowest BCUT2D eigenvalue weighted by molar-refractivity contribution is -0.137. The maximum atomic E-state index is 12.9. The third kappa shape index (κ3) is 7.02. The Hall–Kier alpha value is -3.45. The largest absolute Gasteiger partial charge is 0.493 e. The fourth-order valence-electron chi connectivity index (χ4n) is 3.69. The number of methoxy groups -OCH3 is 1. The maximum absolute atomic E-state index is 12.9. The van der Waals surface area contributed by atoms with Gasteiger partial charge in [-0.2, -0.15) is 18.4 Å². The highest BCUT2D eigenvalue weighted by molar-refractivity contribution is 5.77. The number of ether oxygens (including phenoxy) is 2. The van der Waals surface area contributed by atoms with Crippen molar-refractivity contribution >= 4 is 11.6 Å². The van der Waals surface area contributed by atoms with Crippen molar-refractivity contribution in [2.45, 2.75) is 12.6 Å². The van der Waals surface area contributed by atoms with Gasteiger partial charge in [-0.15, -0.1) is 0 Å². The molecule has 1 amide bonds. The van der Waals surface area contributed by atoms with E-state index in [2.05, 4.69) is 10.2 Å². The molecule has 0 aromatic heterocycles. The van der Waals surface area contributed by atoms with Crippen LogP contribution in [0.15, 0.2) is 42.5 Å². The number of benzene rings is 2. The van der Waals surface area contributed by atoms with E-state index in [4.69, 9.17) is 14.7 Å². The van der Waals surface area contributed by atoms with Gasteiger partial charge in [-0.1, -0.05) is 6.07 Å². The Morgan fingerprint density at radius 2 is 1.88 bits per heavy atom. The summed E-state index contributed by atoms with van der Waals surface area (Å²) < 4.78 is 49.5. The molecule has 1 aliphatic heterocycles. The second-order valence-electron chi connectivity index (χ2n) is 7.85. The average molecular weight is 476 g/mol. The van der Waals surface area contributed by atoms with Crippen molar-refractivity contribution in [2.75, 3.05) is 57.9 Å². The monoisotopic (exact) mass is 476 g/mol. The number of nitriles is 1. The van der Waals surface area contributed by atoms with E-state index in [-0.39, 0.29) is 12.5 Å². The van der Waals surface area contributed by atoms with E-state index in [9.17, 15) is 18.0 Å². The second kappa shape index (κ2) is 11.6. The minimum atomic E-state index is -4.35. The van der Waals surface area contributed by atoms with E-state index in [1.165, 1.54) is 19.2 Å². The summed E-state index contributed by atoms with van der Waals surface area (Å²) in [6.45, 7) is 3.87. The van der Waals surface area contributed by atoms with E-state index in [0.717, 1.165) is 32.1 Å². The lowest BCUT2D eigenvalue weighted by atomic mass is 10.1. The molecule has 0 aliphatic carbocycles. The summed E-state index contributed by atoms with van der Waals surface area (Å²) in [5.41, 5.74) is 0.384. The van der Waals surface area contributed by atoms with Crippen molar-refractivity contribution in [1.82, 2.24) is 10.2 Å². The topological polar surface area (TPSA) is 77.8 Å². The number of piperazine rings is 1. The zero-order chi connectivity index (χ0) is 24.6. The summed E-state index contributed by atoms with van der Waals surface area (Å²) in [6, 6.07) is 12.1. The van der Waals surface area contributed by atoms with Crippen LogP contribution in [-0.2, 0) is 11.0 Å². The van der Waals surface area contributed by atoms with Crippen LogP contribution in [0.25, 0.3) is 0 Å². The molecule has 0 bridgehead atoms. The van der Waals surface area contributed by atoms with Crippen molar-refractivity contribution in [3.8, 4) is 17.6 Å². The molecule has 182 valence electrons. The summed E-state index contributed by atoms with van der Waals surface area (Å²) in [5, 5.41) is 11.7. The third-order valence-corrected chi connectivity index (χ3v) is 5.54. The lowest BCUT2D eigenvalue weighted by Gasteiger charge is -2.36. The molecule has 1 fully saturated rings. The molecule has 0 saturated carbocycles. The van der Waals surface area contributed by atoms with Gasteiger partial charge in [0, 0.05) is 44.5 Å². The van der Waals surface area contributed by atoms with Gasteiger partial charge in [-0.05, 0) is 43.3 Å². The number of carbonyl (C=O) groups excluding carboxylic acids is 1. The summed E-state index contributed by atoms with van der Waals surface area (Å²) in [6.07, 6.45) is -3.60. The molecular formula is C24H27F3N4O3. The zero-order valence-electron chi connectivity index (χ0n) is 18.9. The first-order valence-corrected chi connectivity index (χ1v) is 10.9. The number of hydrogen-bond acceptors (Lipinski definition) is 6. The van der Waals surface area contributed by atoms with Crippen LogP contribution in [0.2, 0.25) is 0 Å². The van der Waals surface area contributed by atoms with Crippen LogP contribution in [-0.4, -0.2) is 63.8 Å². The highest BCUT2D eigenvalue weighted by Crippen LogP contribution is 2.32. The molecular weight excluding hydrogens is 449 g/mol. The van der Waals surface area contributed by atoms with Crippen molar-refractivity contribution in [1.29, 1.82) is 5.26 Å². The first-order chi connectivity index (χ1) is 16.3. The fourth-order valence-corrected chi connectivity index (χ4v) is 3.69. The number of halogens is 3. The second-order valence-corrected chi connectivity index (χ2v) is 7.85. The number of hydrogen-bond donors (Lipinski definition) is 1. The van der Waals surface area contributed by atoms with Crippen LogP contribution < -0.4 is 19.7 Å². The van der Waals surface area contributed by atoms with Crippen LogP contribution >= 0.6 is 0 Å². The highest BCUT2D eigenvalue weighted by Gasteiger charge is 2.31. The van der Waals surface area contributed by atoms with Crippen LogP contribution in [0.3, 0.4) is 0 Å². The van der Waals surface area contributed by atoms with Gasteiger partial charge in [0.05, 0.1) is 24.3 Å². The van der Waals surface area contributed by atoms with Crippen molar-refractivity contribution in [2.24, 2.45) is 0 Å². The van der Waals surface area contributed by atoms with Gasteiger partial charge in [0.15, 0.2) is 18.1 Å². The van der Waals surface area contributed by atoms with Crippen LogP contribution in [0, 0.1) is 11.3 Å². The van der Waals surface area contributed by atoms with E-state index in [1.54, 1.807) is 24.3 Å². The summed E-state index contributed by atoms with van der Waals surface area (Å²) in [5.74, 6) is 0.507. The van der Waals surface area contributed by atoms with Gasteiger partial charge in [-0.3, -0.25) is 9.69 Å².